The maximum atomic E-state index is 11.9. The number of unbranched alkanes of at least 4 members (excludes halogenated alkanes) is 1. The molecule has 0 aromatic rings. The Balaban J connectivity index is 2.25. The molecule has 1 saturated heterocycles. The second kappa shape index (κ2) is 8.48. The van der Waals surface area contributed by atoms with Gasteiger partial charge in [0.2, 0.25) is 5.91 Å². The number of rotatable bonds is 8. The summed E-state index contributed by atoms with van der Waals surface area (Å²) in [6.45, 7) is 5.70. The van der Waals surface area contributed by atoms with Crippen molar-refractivity contribution in [3.63, 3.8) is 0 Å². The Hall–Kier alpha value is -0.610. The summed E-state index contributed by atoms with van der Waals surface area (Å²) < 4.78 is 0. The third kappa shape index (κ3) is 5.36. The Morgan fingerprint density at radius 1 is 1.39 bits per heavy atom. The van der Waals surface area contributed by atoms with Crippen molar-refractivity contribution >= 4 is 5.91 Å². The molecule has 1 rings (SSSR count). The first-order valence-corrected chi connectivity index (χ1v) is 7.36. The van der Waals surface area contributed by atoms with Crippen molar-refractivity contribution in [3.05, 3.63) is 0 Å². The van der Waals surface area contributed by atoms with Crippen LogP contribution in [0.5, 0.6) is 0 Å². The van der Waals surface area contributed by atoms with Gasteiger partial charge in [0.15, 0.2) is 0 Å². The van der Waals surface area contributed by atoms with Crippen LogP contribution in [0.4, 0.5) is 0 Å². The molecule has 1 heterocycles. The summed E-state index contributed by atoms with van der Waals surface area (Å²) in [6, 6.07) is -0.201. The number of amides is 1. The second-order valence-corrected chi connectivity index (χ2v) is 5.39. The van der Waals surface area contributed by atoms with E-state index in [0.717, 1.165) is 6.54 Å². The average Bonchev–Trinajstić information content (AvgIpc) is 2.79. The normalized spacial score (nSPS) is 25.1. The second-order valence-electron chi connectivity index (χ2n) is 5.39. The highest BCUT2D eigenvalue weighted by molar-refractivity contribution is 5.82. The van der Waals surface area contributed by atoms with E-state index in [1.165, 1.54) is 32.1 Å². The van der Waals surface area contributed by atoms with E-state index in [4.69, 9.17) is 0 Å². The molecule has 0 radical (unpaired) electrons. The lowest BCUT2D eigenvalue weighted by Crippen LogP contribution is -2.42. The molecule has 1 amide bonds. The van der Waals surface area contributed by atoms with Crippen LogP contribution in [0.2, 0.25) is 0 Å². The van der Waals surface area contributed by atoms with Gasteiger partial charge in [-0.3, -0.25) is 4.79 Å². The van der Waals surface area contributed by atoms with Gasteiger partial charge in [0.1, 0.15) is 0 Å². The maximum Gasteiger partial charge on any atom is 0.237 e. The maximum absolute atomic E-state index is 11.9. The van der Waals surface area contributed by atoms with E-state index >= 15 is 0 Å². The summed E-state index contributed by atoms with van der Waals surface area (Å²) >= 11 is 0. The SMILES string of the molecule is CCCCC(CCC)CNC(=O)C1CC(O)CN1. The summed E-state index contributed by atoms with van der Waals surface area (Å²) in [5, 5.41) is 15.5. The number of hydrogen-bond acceptors (Lipinski definition) is 3. The quantitative estimate of drug-likeness (QED) is 0.616. The fourth-order valence-electron chi connectivity index (χ4n) is 2.53. The van der Waals surface area contributed by atoms with Crippen molar-refractivity contribution in [3.8, 4) is 0 Å². The van der Waals surface area contributed by atoms with Crippen LogP contribution in [-0.2, 0) is 4.79 Å². The number of nitrogens with one attached hydrogen (secondary N) is 2. The topological polar surface area (TPSA) is 61.4 Å². The van der Waals surface area contributed by atoms with Crippen molar-refractivity contribution < 1.29 is 9.90 Å². The van der Waals surface area contributed by atoms with Crippen molar-refractivity contribution in [2.75, 3.05) is 13.1 Å². The number of hydrogen-bond donors (Lipinski definition) is 3. The van der Waals surface area contributed by atoms with Crippen LogP contribution in [0.15, 0.2) is 0 Å². The molecule has 0 saturated carbocycles. The zero-order valence-corrected chi connectivity index (χ0v) is 11.7. The molecule has 1 fully saturated rings. The predicted molar refractivity (Wildman–Crippen MR) is 73.3 cm³/mol. The minimum atomic E-state index is -0.368. The van der Waals surface area contributed by atoms with Crippen molar-refractivity contribution in [2.45, 2.75) is 64.5 Å². The Kier molecular flexibility index (Phi) is 7.28. The van der Waals surface area contributed by atoms with E-state index in [2.05, 4.69) is 24.5 Å². The van der Waals surface area contributed by atoms with Gasteiger partial charge in [-0.15, -0.1) is 0 Å². The van der Waals surface area contributed by atoms with Gasteiger partial charge in [-0.05, 0) is 25.2 Å². The van der Waals surface area contributed by atoms with Crippen molar-refractivity contribution in [2.24, 2.45) is 5.92 Å². The third-order valence-electron chi connectivity index (χ3n) is 3.65. The summed E-state index contributed by atoms with van der Waals surface area (Å²) in [5.41, 5.74) is 0. The summed E-state index contributed by atoms with van der Waals surface area (Å²) in [6.07, 6.45) is 6.18. The third-order valence-corrected chi connectivity index (χ3v) is 3.65. The first-order valence-electron chi connectivity index (χ1n) is 7.36. The Labute approximate surface area is 111 Å². The summed E-state index contributed by atoms with van der Waals surface area (Å²) in [4.78, 5) is 11.9. The zero-order valence-electron chi connectivity index (χ0n) is 11.7. The summed E-state index contributed by atoms with van der Waals surface area (Å²) in [5.74, 6) is 0.648. The van der Waals surface area contributed by atoms with Crippen LogP contribution in [0.25, 0.3) is 0 Å². The first kappa shape index (κ1) is 15.4. The number of carbonyl (C=O) groups is 1. The molecular weight excluding hydrogens is 228 g/mol. The molecule has 0 aromatic heterocycles. The standard InChI is InChI=1S/C14H28N2O2/c1-3-5-7-11(6-4-2)9-16-14(18)13-8-12(17)10-15-13/h11-13,15,17H,3-10H2,1-2H3,(H,16,18). The molecule has 0 aromatic carbocycles. The molecule has 0 aliphatic carbocycles. The van der Waals surface area contributed by atoms with E-state index < -0.39 is 0 Å². The van der Waals surface area contributed by atoms with Crippen molar-refractivity contribution in [1.82, 2.24) is 10.6 Å². The lowest BCUT2D eigenvalue weighted by Gasteiger charge is -2.18. The fraction of sp³-hybridized carbons (Fsp3) is 0.929. The molecule has 3 N–H and O–H groups in total. The Morgan fingerprint density at radius 2 is 2.17 bits per heavy atom. The van der Waals surface area contributed by atoms with Gasteiger partial charge in [-0.25, -0.2) is 0 Å². The van der Waals surface area contributed by atoms with Crippen LogP contribution in [0, 0.1) is 5.92 Å². The monoisotopic (exact) mass is 256 g/mol. The van der Waals surface area contributed by atoms with Gasteiger partial charge in [0, 0.05) is 13.1 Å². The van der Waals surface area contributed by atoms with Gasteiger partial charge >= 0.3 is 0 Å². The molecule has 1 aliphatic rings. The molecule has 4 heteroatoms. The molecule has 0 spiro atoms. The van der Waals surface area contributed by atoms with Crippen LogP contribution >= 0.6 is 0 Å². The molecular formula is C14H28N2O2. The van der Waals surface area contributed by atoms with E-state index in [9.17, 15) is 9.90 Å². The number of aliphatic hydroxyl groups excluding tert-OH is 1. The largest absolute Gasteiger partial charge is 0.392 e. The predicted octanol–water partition coefficient (Wildman–Crippen LogP) is 1.43. The van der Waals surface area contributed by atoms with Crippen LogP contribution in [0.1, 0.15) is 52.4 Å². The van der Waals surface area contributed by atoms with Crippen LogP contribution < -0.4 is 10.6 Å². The molecule has 18 heavy (non-hydrogen) atoms. The molecule has 3 unspecified atom stereocenters. The van der Waals surface area contributed by atoms with Gasteiger partial charge in [0.05, 0.1) is 12.1 Å². The van der Waals surface area contributed by atoms with E-state index in [0.29, 0.717) is 18.9 Å². The first-order chi connectivity index (χ1) is 8.67. The summed E-state index contributed by atoms with van der Waals surface area (Å²) in [7, 11) is 0. The molecule has 1 aliphatic heterocycles. The molecule has 0 bridgehead atoms. The minimum Gasteiger partial charge on any atom is -0.392 e. The van der Waals surface area contributed by atoms with Gasteiger partial charge < -0.3 is 15.7 Å². The zero-order chi connectivity index (χ0) is 13.4. The van der Waals surface area contributed by atoms with E-state index in [-0.39, 0.29) is 18.1 Å². The van der Waals surface area contributed by atoms with Gasteiger partial charge in [-0.1, -0.05) is 33.1 Å². The lowest BCUT2D eigenvalue weighted by atomic mass is 9.97. The Bertz CT molecular complexity index is 246. The van der Waals surface area contributed by atoms with Crippen LogP contribution in [-0.4, -0.2) is 36.2 Å². The van der Waals surface area contributed by atoms with E-state index in [1.54, 1.807) is 0 Å². The van der Waals surface area contributed by atoms with Gasteiger partial charge in [-0.2, -0.15) is 0 Å². The molecule has 4 nitrogen and oxygen atoms in total. The number of aliphatic hydroxyl groups is 1. The highest BCUT2D eigenvalue weighted by Gasteiger charge is 2.27. The lowest BCUT2D eigenvalue weighted by molar-refractivity contribution is -0.123. The minimum absolute atomic E-state index is 0.0455. The van der Waals surface area contributed by atoms with Crippen LogP contribution in [0.3, 0.4) is 0 Å². The number of carbonyl (C=O) groups excluding carboxylic acids is 1. The van der Waals surface area contributed by atoms with E-state index in [1.807, 2.05) is 0 Å². The smallest absolute Gasteiger partial charge is 0.237 e. The average molecular weight is 256 g/mol. The molecule has 106 valence electrons. The fourth-order valence-corrected chi connectivity index (χ4v) is 2.53. The highest BCUT2D eigenvalue weighted by atomic mass is 16.3. The Morgan fingerprint density at radius 3 is 2.72 bits per heavy atom. The van der Waals surface area contributed by atoms with Gasteiger partial charge in [0.25, 0.3) is 0 Å². The van der Waals surface area contributed by atoms with Crippen molar-refractivity contribution in [1.29, 1.82) is 0 Å². The highest BCUT2D eigenvalue weighted by Crippen LogP contribution is 2.14. The number of β-amino-alcohol motifs (C(OH)–C–C–N with tert-alkyl or cyclic N) is 1. The molecule has 3 atom stereocenters.